The van der Waals surface area contributed by atoms with Crippen molar-refractivity contribution in [2.75, 3.05) is 48.6 Å². The molecule has 246 valence electrons. The molecule has 1 aliphatic carbocycles. The summed E-state index contributed by atoms with van der Waals surface area (Å²) in [5.74, 6) is -0.437. The average Bonchev–Trinajstić information content (AvgIpc) is 3.54. The van der Waals surface area contributed by atoms with Gasteiger partial charge in [0.2, 0.25) is 11.8 Å². The number of sulfone groups is 1. The summed E-state index contributed by atoms with van der Waals surface area (Å²) in [4.78, 5) is 30.4. The van der Waals surface area contributed by atoms with Gasteiger partial charge in [0.15, 0.2) is 15.6 Å². The minimum atomic E-state index is -4.81. The fourth-order valence-corrected chi connectivity index (χ4v) is 5.63. The van der Waals surface area contributed by atoms with Gasteiger partial charge in [-0.15, -0.1) is 0 Å². The summed E-state index contributed by atoms with van der Waals surface area (Å²) in [5, 5.41) is 9.43. The van der Waals surface area contributed by atoms with Crippen LogP contribution in [0.2, 0.25) is 0 Å². The number of aromatic nitrogens is 3. The van der Waals surface area contributed by atoms with Gasteiger partial charge in [-0.3, -0.25) is 9.69 Å². The molecule has 2 aromatic heterocycles. The van der Waals surface area contributed by atoms with E-state index in [-0.39, 0.29) is 42.0 Å². The van der Waals surface area contributed by atoms with E-state index in [2.05, 4.69) is 19.9 Å². The van der Waals surface area contributed by atoms with E-state index in [0.717, 1.165) is 55.1 Å². The molecule has 0 N–H and O–H groups in total. The van der Waals surface area contributed by atoms with Crippen LogP contribution in [-0.2, 0) is 22.6 Å². The number of benzene rings is 1. The second-order valence-corrected chi connectivity index (χ2v) is 13.3. The number of pyridine rings is 1. The van der Waals surface area contributed by atoms with E-state index < -0.39 is 33.0 Å². The molecule has 1 aliphatic rings. The first kappa shape index (κ1) is 34.4. The predicted molar refractivity (Wildman–Crippen MR) is 165 cm³/mol. The molecule has 15 heteroatoms. The third kappa shape index (κ3) is 9.06. The minimum absolute atomic E-state index is 0.125. The van der Waals surface area contributed by atoms with Gasteiger partial charge in [0.1, 0.15) is 6.61 Å². The number of amides is 1. The van der Waals surface area contributed by atoms with Crippen molar-refractivity contribution in [1.82, 2.24) is 15.0 Å². The molecule has 4 rings (SSSR count). The lowest BCUT2D eigenvalue weighted by atomic mass is 10.0. The fourth-order valence-electron chi connectivity index (χ4n) is 5.25. The first-order chi connectivity index (χ1) is 21.8. The molecule has 1 aromatic carbocycles. The average molecular weight is 661 g/mol. The van der Waals surface area contributed by atoms with Crippen LogP contribution < -0.4 is 19.3 Å². The Morgan fingerprint density at radius 3 is 2.41 bits per heavy atom. The van der Waals surface area contributed by atoms with E-state index in [1.807, 2.05) is 13.0 Å². The summed E-state index contributed by atoms with van der Waals surface area (Å²) in [5.41, 5.74) is -0.777. The molecule has 46 heavy (non-hydrogen) atoms. The quantitative estimate of drug-likeness (QED) is 0.245. The van der Waals surface area contributed by atoms with E-state index >= 15 is 0 Å². The topological polar surface area (TPSA) is 139 Å². The smallest absolute Gasteiger partial charge is 0.416 e. The lowest BCUT2D eigenvalue weighted by Crippen LogP contribution is -2.35. The van der Waals surface area contributed by atoms with Gasteiger partial charge in [-0.1, -0.05) is 12.8 Å². The van der Waals surface area contributed by atoms with Crippen LogP contribution in [0.5, 0.6) is 11.6 Å². The van der Waals surface area contributed by atoms with E-state index in [9.17, 15) is 31.6 Å². The summed E-state index contributed by atoms with van der Waals surface area (Å²) >= 11 is 0. The fraction of sp³-hybridized carbons (Fsp3) is 0.452. The number of anilines is 2. The van der Waals surface area contributed by atoms with Crippen molar-refractivity contribution in [3.63, 3.8) is 0 Å². The number of ether oxygens (including phenoxy) is 2. The SMILES string of the molecule is CCN(CC1CCCC1)c1ccc(OC)nc1CN(C(=O)c1cc(C#N)cc(C(F)(F)F)c1)c1ncc(OCCS(C)(=O)=O)cn1. The molecule has 1 amide bonds. The number of carbonyl (C=O) groups excluding carboxylic acids is 1. The van der Waals surface area contributed by atoms with Gasteiger partial charge in [0, 0.05) is 31.0 Å². The zero-order chi connectivity index (χ0) is 33.5. The second-order valence-electron chi connectivity index (χ2n) is 11.0. The monoisotopic (exact) mass is 660 g/mol. The first-order valence-corrected chi connectivity index (χ1v) is 16.7. The molecule has 0 radical (unpaired) electrons. The van der Waals surface area contributed by atoms with E-state index in [1.165, 1.54) is 19.5 Å². The molecule has 0 aliphatic heterocycles. The molecular weight excluding hydrogens is 625 g/mol. The number of nitrogens with zero attached hydrogens (tertiary/aromatic N) is 6. The molecular formula is C31H35F3N6O5S. The number of methoxy groups -OCH3 is 1. The lowest BCUT2D eigenvalue weighted by molar-refractivity contribution is -0.137. The molecule has 0 unspecified atom stereocenters. The van der Waals surface area contributed by atoms with Crippen molar-refractivity contribution >= 4 is 27.4 Å². The number of hydrogen-bond acceptors (Lipinski definition) is 10. The molecule has 11 nitrogen and oxygen atoms in total. The van der Waals surface area contributed by atoms with Gasteiger partial charge in [-0.2, -0.15) is 18.4 Å². The van der Waals surface area contributed by atoms with E-state index in [0.29, 0.717) is 30.3 Å². The second kappa shape index (κ2) is 14.8. The lowest BCUT2D eigenvalue weighted by Gasteiger charge is -2.30. The van der Waals surface area contributed by atoms with Gasteiger partial charge in [0.05, 0.1) is 60.4 Å². The number of halogens is 3. The van der Waals surface area contributed by atoms with Crippen LogP contribution in [0.15, 0.2) is 42.7 Å². The Labute approximate surface area is 265 Å². The number of rotatable bonds is 13. The van der Waals surface area contributed by atoms with Gasteiger partial charge in [-0.25, -0.2) is 23.4 Å². The first-order valence-electron chi connectivity index (χ1n) is 14.7. The van der Waals surface area contributed by atoms with Crippen molar-refractivity contribution in [2.24, 2.45) is 5.92 Å². The highest BCUT2D eigenvalue weighted by Gasteiger charge is 2.33. The van der Waals surface area contributed by atoms with Crippen molar-refractivity contribution in [3.05, 3.63) is 65.1 Å². The highest BCUT2D eigenvalue weighted by atomic mass is 32.2. The van der Waals surface area contributed by atoms with Crippen LogP contribution in [0.3, 0.4) is 0 Å². The number of nitriles is 1. The molecule has 0 spiro atoms. The Bertz CT molecular complexity index is 1670. The van der Waals surface area contributed by atoms with Gasteiger partial charge < -0.3 is 14.4 Å². The van der Waals surface area contributed by atoms with Crippen molar-refractivity contribution in [2.45, 2.75) is 45.3 Å². The van der Waals surface area contributed by atoms with Crippen LogP contribution in [0, 0.1) is 17.2 Å². The third-order valence-corrected chi connectivity index (χ3v) is 8.49. The van der Waals surface area contributed by atoms with Crippen molar-refractivity contribution in [3.8, 4) is 17.7 Å². The standard InChI is InChI=1S/C31H35F3N6O5S/c1-4-39(19-21-7-5-6-8-21)27-9-10-28(44-2)38-26(27)20-40(30-36-17-25(18-37-30)45-11-12-46(3,42)43)29(41)23-13-22(16-35)14-24(15-23)31(32,33)34/h9-10,13-15,17-18,21H,4-8,11-12,19-20H2,1-3H3. The van der Waals surface area contributed by atoms with Crippen molar-refractivity contribution < 1.29 is 35.9 Å². The zero-order valence-electron chi connectivity index (χ0n) is 25.7. The Hall–Kier alpha value is -4.45. The number of hydrogen-bond donors (Lipinski definition) is 0. The Morgan fingerprint density at radius 2 is 1.83 bits per heavy atom. The molecule has 2 heterocycles. The van der Waals surface area contributed by atoms with Crippen LogP contribution >= 0.6 is 0 Å². The summed E-state index contributed by atoms with van der Waals surface area (Å²) < 4.78 is 74.9. The normalized spacial score (nSPS) is 13.7. The summed E-state index contributed by atoms with van der Waals surface area (Å²) in [7, 11) is -1.84. The predicted octanol–water partition coefficient (Wildman–Crippen LogP) is 5.06. The van der Waals surface area contributed by atoms with Crippen LogP contribution in [0.1, 0.15) is 59.8 Å². The molecule has 1 saturated carbocycles. The largest absolute Gasteiger partial charge is 0.489 e. The van der Waals surface area contributed by atoms with E-state index in [1.54, 1.807) is 12.1 Å². The highest BCUT2D eigenvalue weighted by Crippen LogP contribution is 2.33. The number of alkyl halides is 3. The van der Waals surface area contributed by atoms with E-state index in [4.69, 9.17) is 9.47 Å². The summed E-state index contributed by atoms with van der Waals surface area (Å²) in [6.45, 7) is 3.00. The summed E-state index contributed by atoms with van der Waals surface area (Å²) in [6, 6.07) is 7.64. The van der Waals surface area contributed by atoms with Gasteiger partial charge in [-0.05, 0) is 49.9 Å². The molecule has 0 saturated heterocycles. The van der Waals surface area contributed by atoms with Crippen LogP contribution in [-0.4, -0.2) is 68.1 Å². The van der Waals surface area contributed by atoms with Gasteiger partial charge in [0.25, 0.3) is 5.91 Å². The Kier molecular flexibility index (Phi) is 11.0. The summed E-state index contributed by atoms with van der Waals surface area (Å²) in [6.07, 6.45) is 3.24. The molecule has 3 aromatic rings. The minimum Gasteiger partial charge on any atom is -0.489 e. The van der Waals surface area contributed by atoms with Gasteiger partial charge >= 0.3 is 6.18 Å². The molecule has 0 atom stereocenters. The maximum atomic E-state index is 14.0. The van der Waals surface area contributed by atoms with Crippen molar-refractivity contribution in [1.29, 1.82) is 5.26 Å². The molecule has 0 bridgehead atoms. The highest BCUT2D eigenvalue weighted by molar-refractivity contribution is 7.90. The molecule has 1 fully saturated rings. The Balaban J connectivity index is 1.77. The maximum Gasteiger partial charge on any atom is 0.416 e. The zero-order valence-corrected chi connectivity index (χ0v) is 26.6. The van der Waals surface area contributed by atoms with Crippen LogP contribution in [0.25, 0.3) is 0 Å². The third-order valence-electron chi connectivity index (χ3n) is 7.58. The Morgan fingerprint density at radius 1 is 1.13 bits per heavy atom. The maximum absolute atomic E-state index is 14.0. The van der Waals surface area contributed by atoms with Crippen LogP contribution in [0.4, 0.5) is 24.8 Å². The number of carbonyl (C=O) groups is 1.